The van der Waals surface area contributed by atoms with Crippen molar-refractivity contribution in [3.8, 4) is 5.75 Å². The summed E-state index contributed by atoms with van der Waals surface area (Å²) in [6, 6.07) is 14.1. The first-order chi connectivity index (χ1) is 9.65. The van der Waals surface area contributed by atoms with Crippen molar-refractivity contribution in [2.45, 2.75) is 0 Å². The summed E-state index contributed by atoms with van der Waals surface area (Å²) in [5.74, 6) is 0.370. The lowest BCUT2D eigenvalue weighted by atomic mass is 10.0. The predicted molar refractivity (Wildman–Crippen MR) is 76.7 cm³/mol. The van der Waals surface area contributed by atoms with Gasteiger partial charge in [-0.25, -0.2) is 4.79 Å². The minimum absolute atomic E-state index is 0.382. The van der Waals surface area contributed by atoms with Crippen LogP contribution in [0.15, 0.2) is 48.5 Å². The lowest BCUT2D eigenvalue weighted by Gasteiger charge is -2.06. The van der Waals surface area contributed by atoms with E-state index in [0.29, 0.717) is 11.3 Å². The fourth-order valence-corrected chi connectivity index (χ4v) is 1.82. The summed E-state index contributed by atoms with van der Waals surface area (Å²) in [6.45, 7) is 0. The Bertz CT molecular complexity index is 615. The van der Waals surface area contributed by atoms with E-state index in [1.165, 1.54) is 7.11 Å². The van der Waals surface area contributed by atoms with Gasteiger partial charge in [-0.05, 0) is 36.4 Å². The van der Waals surface area contributed by atoms with Crippen molar-refractivity contribution in [3.05, 3.63) is 65.2 Å². The minimum atomic E-state index is -0.382. The Morgan fingerprint density at radius 2 is 1.30 bits per heavy atom. The van der Waals surface area contributed by atoms with Crippen molar-refractivity contribution >= 4 is 11.7 Å². The van der Waals surface area contributed by atoms with Crippen LogP contribution in [0.2, 0.25) is 0 Å². The second-order valence-electron chi connectivity index (χ2n) is 4.17. The third-order valence-electron chi connectivity index (χ3n) is 2.97. The molecule has 4 nitrogen and oxygen atoms in total. The van der Waals surface area contributed by atoms with Gasteiger partial charge in [0.05, 0.1) is 25.5 Å². The highest BCUT2D eigenvalue weighted by Gasteiger charge is 2.08. The second kappa shape index (κ2) is 6.02. The summed E-state index contributed by atoms with van der Waals surface area (Å²) >= 11 is 0. The van der Waals surface area contributed by atoms with Crippen molar-refractivity contribution in [2.75, 3.05) is 14.2 Å². The second-order valence-corrected chi connectivity index (χ2v) is 4.17. The predicted octanol–water partition coefficient (Wildman–Crippen LogP) is 2.90. The number of nitrogens with one attached hydrogen (secondary N) is 1. The molecule has 1 N–H and O–H groups in total. The first-order valence-corrected chi connectivity index (χ1v) is 6.07. The molecule has 0 aliphatic rings. The van der Waals surface area contributed by atoms with E-state index in [4.69, 9.17) is 10.1 Å². The van der Waals surface area contributed by atoms with Crippen LogP contribution in [0, 0.1) is 5.41 Å². The molecule has 4 heteroatoms. The first-order valence-electron chi connectivity index (χ1n) is 6.07. The third kappa shape index (κ3) is 2.85. The highest BCUT2D eigenvalue weighted by atomic mass is 16.5. The van der Waals surface area contributed by atoms with Gasteiger partial charge in [-0.2, -0.15) is 0 Å². The molecule has 2 aromatic rings. The zero-order valence-corrected chi connectivity index (χ0v) is 11.3. The lowest BCUT2D eigenvalue weighted by Crippen LogP contribution is -2.04. The average molecular weight is 269 g/mol. The monoisotopic (exact) mass is 269 g/mol. The van der Waals surface area contributed by atoms with Crippen LogP contribution in [0.5, 0.6) is 5.75 Å². The van der Waals surface area contributed by atoms with Crippen LogP contribution < -0.4 is 4.74 Å². The number of hydrogen-bond donors (Lipinski definition) is 1. The van der Waals surface area contributed by atoms with Gasteiger partial charge in [0.2, 0.25) is 0 Å². The van der Waals surface area contributed by atoms with Gasteiger partial charge < -0.3 is 9.47 Å². The maximum Gasteiger partial charge on any atom is 0.337 e. The highest BCUT2D eigenvalue weighted by molar-refractivity contribution is 6.11. The van der Waals surface area contributed by atoms with Crippen molar-refractivity contribution in [1.82, 2.24) is 0 Å². The van der Waals surface area contributed by atoms with Crippen molar-refractivity contribution in [1.29, 1.82) is 5.41 Å². The van der Waals surface area contributed by atoms with Crippen LogP contribution in [0.3, 0.4) is 0 Å². The number of carbonyl (C=O) groups excluding carboxylic acids is 1. The SMILES string of the molecule is COC(=O)c1ccc(C(=N)c2ccc(OC)cc2)cc1. The summed E-state index contributed by atoms with van der Waals surface area (Å²) < 4.78 is 9.73. The molecule has 0 bridgehead atoms. The molecule has 0 saturated heterocycles. The fourth-order valence-electron chi connectivity index (χ4n) is 1.82. The molecule has 2 aromatic carbocycles. The number of rotatable bonds is 4. The van der Waals surface area contributed by atoms with Gasteiger partial charge in [0.15, 0.2) is 0 Å². The molecule has 0 aliphatic carbocycles. The van der Waals surface area contributed by atoms with Crippen LogP contribution in [-0.2, 0) is 4.74 Å². The Morgan fingerprint density at radius 3 is 1.75 bits per heavy atom. The molecular weight excluding hydrogens is 254 g/mol. The number of methoxy groups -OCH3 is 2. The number of ether oxygens (including phenoxy) is 2. The molecule has 0 saturated carbocycles. The normalized spacial score (nSPS) is 9.90. The van der Waals surface area contributed by atoms with E-state index >= 15 is 0 Å². The Labute approximate surface area is 117 Å². The summed E-state index contributed by atoms with van der Waals surface area (Å²) in [4.78, 5) is 11.3. The Kier molecular flexibility index (Phi) is 4.15. The smallest absolute Gasteiger partial charge is 0.337 e. The summed E-state index contributed by atoms with van der Waals surface area (Å²) in [5.41, 5.74) is 2.39. The largest absolute Gasteiger partial charge is 0.497 e. The molecule has 0 atom stereocenters. The van der Waals surface area contributed by atoms with Gasteiger partial charge in [0, 0.05) is 11.1 Å². The number of hydrogen-bond acceptors (Lipinski definition) is 4. The van der Waals surface area contributed by atoms with E-state index < -0.39 is 0 Å². The highest BCUT2D eigenvalue weighted by Crippen LogP contribution is 2.15. The molecule has 0 unspecified atom stereocenters. The van der Waals surface area contributed by atoms with E-state index in [9.17, 15) is 4.79 Å². The van der Waals surface area contributed by atoms with E-state index in [1.807, 2.05) is 24.3 Å². The molecule has 0 spiro atoms. The molecule has 20 heavy (non-hydrogen) atoms. The van der Waals surface area contributed by atoms with Crippen LogP contribution in [0.4, 0.5) is 0 Å². The summed E-state index contributed by atoms with van der Waals surface area (Å²) in [7, 11) is 2.95. The summed E-state index contributed by atoms with van der Waals surface area (Å²) in [6.07, 6.45) is 0. The molecule has 0 radical (unpaired) electrons. The van der Waals surface area contributed by atoms with Crippen LogP contribution in [-0.4, -0.2) is 25.9 Å². The molecule has 0 aromatic heterocycles. The van der Waals surface area contributed by atoms with Crippen LogP contribution in [0.1, 0.15) is 21.5 Å². The van der Waals surface area contributed by atoms with Gasteiger partial charge in [-0.15, -0.1) is 0 Å². The standard InChI is InChI=1S/C16H15NO3/c1-19-14-9-7-12(8-10-14)15(17)11-3-5-13(6-4-11)16(18)20-2/h3-10,17H,1-2H3. The van der Waals surface area contributed by atoms with Gasteiger partial charge in [-0.1, -0.05) is 12.1 Å². The Morgan fingerprint density at radius 1 is 0.850 bits per heavy atom. The maximum atomic E-state index is 11.3. The molecule has 0 aliphatic heterocycles. The molecule has 0 amide bonds. The van der Waals surface area contributed by atoms with Crippen molar-refractivity contribution < 1.29 is 14.3 Å². The third-order valence-corrected chi connectivity index (χ3v) is 2.97. The van der Waals surface area contributed by atoms with E-state index in [0.717, 1.165) is 16.9 Å². The van der Waals surface area contributed by atoms with E-state index in [2.05, 4.69) is 4.74 Å². The van der Waals surface area contributed by atoms with Gasteiger partial charge in [-0.3, -0.25) is 5.41 Å². The molecule has 102 valence electrons. The molecule has 2 rings (SSSR count). The molecule has 0 heterocycles. The number of esters is 1. The number of carbonyl (C=O) groups is 1. The molecule has 0 fully saturated rings. The first kappa shape index (κ1) is 13.8. The van der Waals surface area contributed by atoms with Crippen LogP contribution >= 0.6 is 0 Å². The summed E-state index contributed by atoms with van der Waals surface area (Å²) in [5, 5.41) is 8.16. The zero-order chi connectivity index (χ0) is 14.5. The lowest BCUT2D eigenvalue weighted by molar-refractivity contribution is 0.0600. The molecular formula is C16H15NO3. The maximum absolute atomic E-state index is 11.3. The van der Waals surface area contributed by atoms with Crippen LogP contribution in [0.25, 0.3) is 0 Å². The van der Waals surface area contributed by atoms with E-state index in [-0.39, 0.29) is 5.97 Å². The van der Waals surface area contributed by atoms with E-state index in [1.54, 1.807) is 31.4 Å². The van der Waals surface area contributed by atoms with Crippen molar-refractivity contribution in [3.63, 3.8) is 0 Å². The van der Waals surface area contributed by atoms with Crippen molar-refractivity contribution in [2.24, 2.45) is 0 Å². The topological polar surface area (TPSA) is 59.4 Å². The number of benzene rings is 2. The van der Waals surface area contributed by atoms with Gasteiger partial charge >= 0.3 is 5.97 Å². The fraction of sp³-hybridized carbons (Fsp3) is 0.125. The average Bonchev–Trinajstić information content (AvgIpc) is 2.53. The Balaban J connectivity index is 2.22. The minimum Gasteiger partial charge on any atom is -0.497 e. The Hall–Kier alpha value is -2.62. The zero-order valence-electron chi connectivity index (χ0n) is 11.3. The van der Waals surface area contributed by atoms with Gasteiger partial charge in [0.25, 0.3) is 0 Å². The quantitative estimate of drug-likeness (QED) is 0.685. The van der Waals surface area contributed by atoms with Gasteiger partial charge in [0.1, 0.15) is 5.75 Å².